The van der Waals surface area contributed by atoms with Crippen molar-refractivity contribution in [1.29, 1.82) is 0 Å². The van der Waals surface area contributed by atoms with E-state index in [0.29, 0.717) is 12.1 Å². The maximum absolute atomic E-state index is 13.0. The largest absolute Gasteiger partial charge is 0.508 e. The molecule has 0 atom stereocenters. The first-order valence-electron chi connectivity index (χ1n) is 6.44. The van der Waals surface area contributed by atoms with Crippen LogP contribution in [-0.4, -0.2) is 11.7 Å². The molecule has 3 heteroatoms. The molecule has 0 bridgehead atoms. The lowest BCUT2D eigenvalue weighted by atomic mass is 9.89. The molecule has 1 saturated carbocycles. The van der Waals surface area contributed by atoms with Crippen LogP contribution in [0.4, 0.5) is 4.39 Å². The van der Waals surface area contributed by atoms with Crippen LogP contribution in [0.15, 0.2) is 18.2 Å². The van der Waals surface area contributed by atoms with Crippen molar-refractivity contribution in [3.05, 3.63) is 29.6 Å². The maximum Gasteiger partial charge on any atom is 0.123 e. The molecule has 2 rings (SSSR count). The first kappa shape index (κ1) is 12.4. The van der Waals surface area contributed by atoms with Crippen LogP contribution in [-0.2, 0) is 6.54 Å². The van der Waals surface area contributed by atoms with Crippen LogP contribution < -0.4 is 5.32 Å². The van der Waals surface area contributed by atoms with Gasteiger partial charge in [-0.2, -0.15) is 0 Å². The summed E-state index contributed by atoms with van der Waals surface area (Å²) < 4.78 is 13.0. The number of rotatable bonds is 4. The molecule has 2 N–H and O–H groups in total. The number of hydrogen-bond donors (Lipinski definition) is 2. The van der Waals surface area contributed by atoms with E-state index in [1.54, 1.807) is 0 Å². The second-order valence-electron chi connectivity index (χ2n) is 4.91. The fourth-order valence-electron chi connectivity index (χ4n) is 2.50. The third kappa shape index (κ3) is 3.70. The summed E-state index contributed by atoms with van der Waals surface area (Å²) in [6.45, 7) is 1.51. The van der Waals surface area contributed by atoms with Gasteiger partial charge >= 0.3 is 0 Å². The average molecular weight is 237 g/mol. The highest BCUT2D eigenvalue weighted by Gasteiger charge is 2.12. The molecule has 0 heterocycles. The molecule has 0 unspecified atom stereocenters. The van der Waals surface area contributed by atoms with E-state index in [1.165, 1.54) is 50.3 Å². The van der Waals surface area contributed by atoms with Gasteiger partial charge in [0.05, 0.1) is 0 Å². The average Bonchev–Trinajstić information content (AvgIpc) is 2.35. The molecule has 1 aromatic rings. The zero-order chi connectivity index (χ0) is 12.1. The van der Waals surface area contributed by atoms with Gasteiger partial charge in [-0.3, -0.25) is 0 Å². The van der Waals surface area contributed by atoms with Crippen molar-refractivity contribution in [2.75, 3.05) is 6.54 Å². The summed E-state index contributed by atoms with van der Waals surface area (Å²) in [4.78, 5) is 0. The molecule has 0 aliphatic heterocycles. The van der Waals surface area contributed by atoms with E-state index in [1.807, 2.05) is 0 Å². The minimum absolute atomic E-state index is 0.169. The van der Waals surface area contributed by atoms with Gasteiger partial charge in [0.15, 0.2) is 0 Å². The lowest BCUT2D eigenvalue weighted by molar-refractivity contribution is 0.341. The summed E-state index contributed by atoms with van der Waals surface area (Å²) >= 11 is 0. The molecule has 0 aromatic heterocycles. The van der Waals surface area contributed by atoms with Crippen LogP contribution in [0.25, 0.3) is 0 Å². The first-order valence-corrected chi connectivity index (χ1v) is 6.44. The standard InChI is InChI=1S/C14H20FNO/c15-13-6-7-14(17)12(8-13)10-16-9-11-4-2-1-3-5-11/h6-8,11,16-17H,1-5,9-10H2. The van der Waals surface area contributed by atoms with Gasteiger partial charge in [0.25, 0.3) is 0 Å². The predicted octanol–water partition coefficient (Wildman–Crippen LogP) is 3.20. The zero-order valence-electron chi connectivity index (χ0n) is 10.1. The number of benzene rings is 1. The van der Waals surface area contributed by atoms with Crippen molar-refractivity contribution < 1.29 is 9.50 Å². The van der Waals surface area contributed by atoms with Gasteiger partial charge < -0.3 is 10.4 Å². The molecule has 0 amide bonds. The lowest BCUT2D eigenvalue weighted by Gasteiger charge is -2.21. The zero-order valence-corrected chi connectivity index (χ0v) is 10.1. The minimum Gasteiger partial charge on any atom is -0.508 e. The molecule has 0 radical (unpaired) electrons. The quantitative estimate of drug-likeness (QED) is 0.842. The summed E-state index contributed by atoms with van der Waals surface area (Å²) in [5, 5.41) is 12.9. The van der Waals surface area contributed by atoms with Crippen LogP contribution in [0.1, 0.15) is 37.7 Å². The Morgan fingerprint density at radius 3 is 2.76 bits per heavy atom. The van der Waals surface area contributed by atoms with Gasteiger partial charge in [-0.1, -0.05) is 19.3 Å². The molecule has 1 aliphatic carbocycles. The van der Waals surface area contributed by atoms with Crippen LogP contribution in [0.2, 0.25) is 0 Å². The molecule has 94 valence electrons. The number of aromatic hydroxyl groups is 1. The summed E-state index contributed by atoms with van der Waals surface area (Å²) in [6, 6.07) is 4.08. The third-order valence-electron chi connectivity index (χ3n) is 3.51. The number of phenols is 1. The van der Waals surface area contributed by atoms with E-state index in [4.69, 9.17) is 0 Å². The maximum atomic E-state index is 13.0. The molecule has 0 spiro atoms. The molecular weight excluding hydrogens is 217 g/mol. The van der Waals surface area contributed by atoms with Crippen molar-refractivity contribution in [2.45, 2.75) is 38.6 Å². The molecule has 17 heavy (non-hydrogen) atoms. The fourth-order valence-corrected chi connectivity index (χ4v) is 2.50. The summed E-state index contributed by atoms with van der Waals surface area (Å²) in [5.41, 5.74) is 0.640. The molecule has 1 aliphatic rings. The van der Waals surface area contributed by atoms with Gasteiger partial charge in [0, 0.05) is 12.1 Å². The van der Waals surface area contributed by atoms with Crippen LogP contribution >= 0.6 is 0 Å². The SMILES string of the molecule is Oc1ccc(F)cc1CNCC1CCCCC1. The molecular formula is C14H20FNO. The van der Waals surface area contributed by atoms with Crippen LogP contribution in [0, 0.1) is 11.7 Å². The second kappa shape index (κ2) is 6.01. The Kier molecular flexibility index (Phi) is 4.37. The normalized spacial score (nSPS) is 17.2. The van der Waals surface area contributed by atoms with Crippen molar-refractivity contribution in [3.63, 3.8) is 0 Å². The number of hydrogen-bond acceptors (Lipinski definition) is 2. The van der Waals surface area contributed by atoms with Crippen molar-refractivity contribution in [3.8, 4) is 5.75 Å². The minimum atomic E-state index is -0.294. The predicted molar refractivity (Wildman–Crippen MR) is 66.3 cm³/mol. The van der Waals surface area contributed by atoms with E-state index < -0.39 is 0 Å². The first-order chi connectivity index (χ1) is 8.25. The van der Waals surface area contributed by atoms with Gasteiger partial charge in [0.2, 0.25) is 0 Å². The van der Waals surface area contributed by atoms with E-state index >= 15 is 0 Å². The number of phenolic OH excluding ortho intramolecular Hbond substituents is 1. The topological polar surface area (TPSA) is 32.3 Å². The van der Waals surface area contributed by atoms with Gasteiger partial charge in [0.1, 0.15) is 11.6 Å². The Morgan fingerprint density at radius 1 is 1.24 bits per heavy atom. The Labute approximate surface area is 102 Å². The Bertz CT molecular complexity index is 361. The van der Waals surface area contributed by atoms with E-state index in [2.05, 4.69) is 5.32 Å². The summed E-state index contributed by atoms with van der Waals surface area (Å²) in [6.07, 6.45) is 6.61. The Hall–Kier alpha value is -1.09. The fraction of sp³-hybridized carbons (Fsp3) is 0.571. The molecule has 1 fully saturated rings. The summed E-state index contributed by atoms with van der Waals surface area (Å²) in [5.74, 6) is 0.624. The lowest BCUT2D eigenvalue weighted by Crippen LogP contribution is -2.24. The van der Waals surface area contributed by atoms with Crippen molar-refractivity contribution in [2.24, 2.45) is 5.92 Å². The van der Waals surface area contributed by atoms with Gasteiger partial charge in [-0.05, 0) is 43.5 Å². The Balaban J connectivity index is 1.79. The highest BCUT2D eigenvalue weighted by atomic mass is 19.1. The summed E-state index contributed by atoms with van der Waals surface area (Å²) in [7, 11) is 0. The van der Waals surface area contributed by atoms with Crippen molar-refractivity contribution >= 4 is 0 Å². The molecule has 1 aromatic carbocycles. The highest BCUT2D eigenvalue weighted by Crippen LogP contribution is 2.23. The van der Waals surface area contributed by atoms with Crippen LogP contribution in [0.5, 0.6) is 5.75 Å². The van der Waals surface area contributed by atoms with Crippen LogP contribution in [0.3, 0.4) is 0 Å². The van der Waals surface area contributed by atoms with E-state index in [-0.39, 0.29) is 11.6 Å². The smallest absolute Gasteiger partial charge is 0.123 e. The van der Waals surface area contributed by atoms with Gasteiger partial charge in [-0.15, -0.1) is 0 Å². The molecule has 0 saturated heterocycles. The number of halogens is 1. The third-order valence-corrected chi connectivity index (χ3v) is 3.51. The van der Waals surface area contributed by atoms with Gasteiger partial charge in [-0.25, -0.2) is 4.39 Å². The second-order valence-corrected chi connectivity index (χ2v) is 4.91. The van der Waals surface area contributed by atoms with Crippen molar-refractivity contribution in [1.82, 2.24) is 5.32 Å². The number of nitrogens with one attached hydrogen (secondary N) is 1. The van der Waals surface area contributed by atoms with E-state index in [9.17, 15) is 9.50 Å². The molecule has 2 nitrogen and oxygen atoms in total. The van der Waals surface area contributed by atoms with E-state index in [0.717, 1.165) is 12.5 Å². The highest BCUT2D eigenvalue weighted by molar-refractivity contribution is 5.32. The Morgan fingerprint density at radius 2 is 2.00 bits per heavy atom. The monoisotopic (exact) mass is 237 g/mol.